The van der Waals surface area contributed by atoms with Crippen LogP contribution in [0.2, 0.25) is 0 Å². The molecule has 0 aliphatic carbocycles. The number of rotatable bonds is 9. The van der Waals surface area contributed by atoms with Gasteiger partial charge >= 0.3 is 0 Å². The molecule has 0 spiro atoms. The predicted molar refractivity (Wildman–Crippen MR) is 108 cm³/mol. The van der Waals surface area contributed by atoms with Crippen LogP contribution in [0.1, 0.15) is 20.3 Å². The van der Waals surface area contributed by atoms with E-state index in [4.69, 9.17) is 4.74 Å². The molecule has 0 bridgehead atoms. The summed E-state index contributed by atoms with van der Waals surface area (Å²) in [5.41, 5.74) is 0.524. The van der Waals surface area contributed by atoms with Crippen LogP contribution in [-0.4, -0.2) is 33.7 Å². The fourth-order valence-electron chi connectivity index (χ4n) is 2.53. The van der Waals surface area contributed by atoms with Crippen LogP contribution in [-0.2, 0) is 14.8 Å². The summed E-state index contributed by atoms with van der Waals surface area (Å²) in [5, 5.41) is 2.76. The molecule has 146 valence electrons. The largest absolute Gasteiger partial charge is 0.457 e. The second-order valence-corrected chi connectivity index (χ2v) is 8.60. The lowest BCUT2D eigenvalue weighted by molar-refractivity contribution is -0.121. The van der Waals surface area contributed by atoms with Gasteiger partial charge in [-0.3, -0.25) is 9.10 Å². The third-order valence-corrected chi connectivity index (χ3v) is 4.93. The lowest BCUT2D eigenvalue weighted by Gasteiger charge is -2.23. The first-order valence-electron chi connectivity index (χ1n) is 8.83. The Morgan fingerprint density at radius 3 is 2.19 bits per heavy atom. The van der Waals surface area contributed by atoms with Crippen LogP contribution in [0.5, 0.6) is 11.5 Å². The molecule has 0 radical (unpaired) electrons. The minimum atomic E-state index is -3.47. The van der Waals surface area contributed by atoms with Crippen LogP contribution in [0.3, 0.4) is 0 Å². The zero-order chi connectivity index (χ0) is 19.9. The Morgan fingerprint density at radius 2 is 1.63 bits per heavy atom. The maximum Gasteiger partial charge on any atom is 0.232 e. The van der Waals surface area contributed by atoms with Crippen molar-refractivity contribution in [2.75, 3.05) is 23.7 Å². The smallest absolute Gasteiger partial charge is 0.232 e. The molecule has 7 heteroatoms. The number of benzene rings is 2. The lowest BCUT2D eigenvalue weighted by Crippen LogP contribution is -2.38. The first-order valence-corrected chi connectivity index (χ1v) is 10.7. The van der Waals surface area contributed by atoms with Crippen molar-refractivity contribution < 1.29 is 17.9 Å². The van der Waals surface area contributed by atoms with Crippen molar-refractivity contribution in [2.45, 2.75) is 20.3 Å². The SMILES string of the molecule is CC(C)CC(=O)NCCN(c1ccc(Oc2ccccc2)cc1)S(C)(=O)=O. The number of para-hydroxylation sites is 1. The van der Waals surface area contributed by atoms with E-state index in [1.54, 1.807) is 24.3 Å². The van der Waals surface area contributed by atoms with Crippen LogP contribution in [0.15, 0.2) is 54.6 Å². The third-order valence-electron chi connectivity index (χ3n) is 3.73. The Morgan fingerprint density at radius 1 is 1.04 bits per heavy atom. The molecule has 0 unspecified atom stereocenters. The normalized spacial score (nSPS) is 11.3. The van der Waals surface area contributed by atoms with Gasteiger partial charge in [-0.25, -0.2) is 8.42 Å². The van der Waals surface area contributed by atoms with Gasteiger partial charge in [0.1, 0.15) is 11.5 Å². The number of amides is 1. The monoisotopic (exact) mass is 390 g/mol. The van der Waals surface area contributed by atoms with Crippen molar-refractivity contribution >= 4 is 21.6 Å². The number of anilines is 1. The van der Waals surface area contributed by atoms with E-state index in [1.165, 1.54) is 4.31 Å². The molecule has 0 atom stereocenters. The maximum absolute atomic E-state index is 12.1. The van der Waals surface area contributed by atoms with Gasteiger partial charge in [0.25, 0.3) is 0 Å². The molecule has 1 amide bonds. The first-order chi connectivity index (χ1) is 12.8. The molecule has 6 nitrogen and oxygen atoms in total. The summed E-state index contributed by atoms with van der Waals surface area (Å²) in [6, 6.07) is 16.2. The van der Waals surface area contributed by atoms with E-state index in [0.29, 0.717) is 23.6 Å². The Hall–Kier alpha value is -2.54. The molecule has 0 aliphatic heterocycles. The van der Waals surface area contributed by atoms with Crippen LogP contribution in [0.25, 0.3) is 0 Å². The summed E-state index contributed by atoms with van der Waals surface area (Å²) in [7, 11) is -3.47. The molecule has 27 heavy (non-hydrogen) atoms. The Labute approximate surface area is 161 Å². The molecule has 2 aromatic rings. The molecule has 2 aromatic carbocycles. The van der Waals surface area contributed by atoms with Crippen molar-refractivity contribution in [2.24, 2.45) is 5.92 Å². The van der Waals surface area contributed by atoms with Crippen LogP contribution in [0.4, 0.5) is 5.69 Å². The molecule has 2 rings (SSSR count). The second kappa shape index (κ2) is 9.41. The van der Waals surface area contributed by atoms with Crippen LogP contribution < -0.4 is 14.4 Å². The van der Waals surface area contributed by atoms with E-state index in [2.05, 4.69) is 5.32 Å². The van der Waals surface area contributed by atoms with Gasteiger partial charge < -0.3 is 10.1 Å². The number of carbonyl (C=O) groups is 1. The number of ether oxygens (including phenoxy) is 1. The minimum absolute atomic E-state index is 0.0786. The van der Waals surface area contributed by atoms with E-state index in [1.807, 2.05) is 44.2 Å². The van der Waals surface area contributed by atoms with Crippen LogP contribution >= 0.6 is 0 Å². The van der Waals surface area contributed by atoms with Gasteiger partial charge in [-0.15, -0.1) is 0 Å². The van der Waals surface area contributed by atoms with Crippen molar-refractivity contribution in [3.05, 3.63) is 54.6 Å². The standard InChI is InChI=1S/C20H26N2O4S/c1-16(2)15-20(23)21-13-14-22(27(3,24)25)17-9-11-19(12-10-17)26-18-7-5-4-6-8-18/h4-12,16H,13-15H2,1-3H3,(H,21,23). The van der Waals surface area contributed by atoms with Gasteiger partial charge in [0.15, 0.2) is 0 Å². The number of carbonyl (C=O) groups excluding carboxylic acids is 1. The number of nitrogens with zero attached hydrogens (tertiary/aromatic N) is 1. The number of hydrogen-bond acceptors (Lipinski definition) is 4. The molecule has 0 aliphatic rings. The average Bonchev–Trinajstić information content (AvgIpc) is 2.59. The highest BCUT2D eigenvalue weighted by molar-refractivity contribution is 7.92. The highest BCUT2D eigenvalue weighted by Crippen LogP contribution is 2.25. The zero-order valence-corrected chi connectivity index (χ0v) is 16.7. The van der Waals surface area contributed by atoms with Crippen molar-refractivity contribution in [1.82, 2.24) is 5.32 Å². The van der Waals surface area contributed by atoms with E-state index in [0.717, 1.165) is 6.26 Å². The molecule has 0 fully saturated rings. The number of hydrogen-bond donors (Lipinski definition) is 1. The molecule has 0 heterocycles. The average molecular weight is 391 g/mol. The fourth-order valence-corrected chi connectivity index (χ4v) is 3.46. The molecule has 1 N–H and O–H groups in total. The van der Waals surface area contributed by atoms with Gasteiger partial charge in [-0.2, -0.15) is 0 Å². The molecule has 0 saturated heterocycles. The Balaban J connectivity index is 2.02. The highest BCUT2D eigenvalue weighted by Gasteiger charge is 2.17. The third kappa shape index (κ3) is 6.94. The first kappa shape index (κ1) is 20.8. The summed E-state index contributed by atoms with van der Waals surface area (Å²) >= 11 is 0. The minimum Gasteiger partial charge on any atom is -0.457 e. The molecule has 0 saturated carbocycles. The maximum atomic E-state index is 12.1. The van der Waals surface area contributed by atoms with E-state index < -0.39 is 10.0 Å². The van der Waals surface area contributed by atoms with Gasteiger partial charge in [0.2, 0.25) is 15.9 Å². The van der Waals surface area contributed by atoms with E-state index >= 15 is 0 Å². The summed E-state index contributed by atoms with van der Waals surface area (Å²) < 4.78 is 31.3. The van der Waals surface area contributed by atoms with Crippen LogP contribution in [0, 0.1) is 5.92 Å². The lowest BCUT2D eigenvalue weighted by atomic mass is 10.1. The topological polar surface area (TPSA) is 75.7 Å². The van der Waals surface area contributed by atoms with Crippen molar-refractivity contribution in [1.29, 1.82) is 0 Å². The summed E-state index contributed by atoms with van der Waals surface area (Å²) in [6.07, 6.45) is 1.57. The summed E-state index contributed by atoms with van der Waals surface area (Å²) in [4.78, 5) is 11.7. The van der Waals surface area contributed by atoms with Gasteiger partial charge in [0, 0.05) is 13.0 Å². The second-order valence-electron chi connectivity index (χ2n) is 6.69. The highest BCUT2D eigenvalue weighted by atomic mass is 32.2. The molecular weight excluding hydrogens is 364 g/mol. The van der Waals surface area contributed by atoms with E-state index in [9.17, 15) is 13.2 Å². The van der Waals surface area contributed by atoms with E-state index in [-0.39, 0.29) is 24.9 Å². The Kier molecular flexibility index (Phi) is 7.24. The van der Waals surface area contributed by atoms with Crippen molar-refractivity contribution in [3.63, 3.8) is 0 Å². The summed E-state index contributed by atoms with van der Waals surface area (Å²) in [5.74, 6) is 1.50. The van der Waals surface area contributed by atoms with Gasteiger partial charge in [0.05, 0.1) is 18.5 Å². The predicted octanol–water partition coefficient (Wildman–Crippen LogP) is 3.41. The Bertz CT molecular complexity index is 834. The molecule has 0 aromatic heterocycles. The van der Waals surface area contributed by atoms with Crippen molar-refractivity contribution in [3.8, 4) is 11.5 Å². The molecular formula is C20H26N2O4S. The fraction of sp³-hybridized carbons (Fsp3) is 0.350. The van der Waals surface area contributed by atoms with Gasteiger partial charge in [-0.05, 0) is 42.3 Å². The summed E-state index contributed by atoms with van der Waals surface area (Å²) in [6.45, 7) is 4.34. The van der Waals surface area contributed by atoms with Gasteiger partial charge in [-0.1, -0.05) is 32.0 Å². The zero-order valence-electron chi connectivity index (χ0n) is 15.9. The quantitative estimate of drug-likeness (QED) is 0.712. The number of nitrogens with one attached hydrogen (secondary N) is 1. The number of sulfonamides is 1.